The number of hydrogen-bond donors (Lipinski definition) is 0. The predicted molar refractivity (Wildman–Crippen MR) is 47.7 cm³/mol. The highest BCUT2D eigenvalue weighted by Gasteiger charge is 2.54. The molecule has 0 amide bonds. The Bertz CT molecular complexity index is 247. The molecule has 78 valence electrons. The molecule has 0 unspecified atom stereocenters. The number of aldehydes is 1. The van der Waals surface area contributed by atoms with Crippen LogP contribution in [-0.4, -0.2) is 31.6 Å². The third-order valence-corrected chi connectivity index (χ3v) is 3.50. The monoisotopic (exact) mass is 198 g/mol. The van der Waals surface area contributed by atoms with Gasteiger partial charge in [0.2, 0.25) is 0 Å². The summed E-state index contributed by atoms with van der Waals surface area (Å²) >= 11 is 0. The zero-order valence-corrected chi connectivity index (χ0v) is 8.25. The van der Waals surface area contributed by atoms with E-state index in [0.29, 0.717) is 19.4 Å². The summed E-state index contributed by atoms with van der Waals surface area (Å²) in [6.07, 6.45) is 3.68. The van der Waals surface area contributed by atoms with Crippen LogP contribution in [-0.2, 0) is 19.1 Å². The van der Waals surface area contributed by atoms with E-state index < -0.39 is 5.60 Å². The summed E-state index contributed by atoms with van der Waals surface area (Å²) in [7, 11) is 1.37. The summed E-state index contributed by atoms with van der Waals surface area (Å²) in [6, 6.07) is 0. The first-order chi connectivity index (χ1) is 6.66. The first kappa shape index (κ1) is 9.65. The van der Waals surface area contributed by atoms with Crippen molar-refractivity contribution >= 4 is 12.3 Å². The van der Waals surface area contributed by atoms with Crippen LogP contribution < -0.4 is 0 Å². The topological polar surface area (TPSA) is 52.6 Å². The standard InChI is InChI=1S/C10H14O4/c1-13-8(12)10-4-2-9(6-11,3-5-10)7-14-10/h6H,2-5,7H2,1H3. The number of carbonyl (C=O) groups is 2. The molecule has 0 N–H and O–H groups in total. The van der Waals surface area contributed by atoms with Crippen molar-refractivity contribution in [3.8, 4) is 0 Å². The van der Waals surface area contributed by atoms with Crippen molar-refractivity contribution in [3.05, 3.63) is 0 Å². The lowest BCUT2D eigenvalue weighted by Gasteiger charge is -2.48. The van der Waals surface area contributed by atoms with Gasteiger partial charge in [0.05, 0.1) is 13.7 Å². The molecule has 2 saturated heterocycles. The van der Waals surface area contributed by atoms with E-state index in [-0.39, 0.29) is 11.4 Å². The van der Waals surface area contributed by atoms with Gasteiger partial charge in [-0.05, 0) is 25.7 Å². The van der Waals surface area contributed by atoms with E-state index >= 15 is 0 Å². The molecule has 2 bridgehead atoms. The van der Waals surface area contributed by atoms with Crippen LogP contribution in [0.2, 0.25) is 0 Å². The summed E-state index contributed by atoms with van der Waals surface area (Å²) in [5.41, 5.74) is -1.07. The Morgan fingerprint density at radius 1 is 1.36 bits per heavy atom. The predicted octanol–water partition coefficient (Wildman–Crippen LogP) is 0.688. The molecule has 1 saturated carbocycles. The van der Waals surface area contributed by atoms with Crippen molar-refractivity contribution < 1.29 is 19.1 Å². The van der Waals surface area contributed by atoms with Crippen LogP contribution >= 0.6 is 0 Å². The Morgan fingerprint density at radius 2 is 2.00 bits per heavy atom. The fourth-order valence-corrected chi connectivity index (χ4v) is 2.32. The molecule has 0 aromatic rings. The third-order valence-electron chi connectivity index (χ3n) is 3.50. The Kier molecular flexibility index (Phi) is 2.10. The number of carbonyl (C=O) groups excluding carboxylic acids is 2. The molecule has 3 aliphatic rings. The van der Waals surface area contributed by atoms with E-state index in [0.717, 1.165) is 19.1 Å². The molecule has 0 spiro atoms. The Balaban J connectivity index is 2.16. The summed E-state index contributed by atoms with van der Waals surface area (Å²) < 4.78 is 10.2. The van der Waals surface area contributed by atoms with Gasteiger partial charge in [-0.3, -0.25) is 0 Å². The van der Waals surface area contributed by atoms with Crippen molar-refractivity contribution in [2.24, 2.45) is 5.41 Å². The Labute approximate surface area is 82.6 Å². The zero-order chi connectivity index (χ0) is 10.2. The van der Waals surface area contributed by atoms with Gasteiger partial charge in [-0.1, -0.05) is 0 Å². The molecule has 0 aromatic carbocycles. The van der Waals surface area contributed by atoms with E-state index in [1.165, 1.54) is 7.11 Å². The van der Waals surface area contributed by atoms with Crippen molar-refractivity contribution in [2.45, 2.75) is 31.3 Å². The smallest absolute Gasteiger partial charge is 0.338 e. The lowest BCUT2D eigenvalue weighted by molar-refractivity contribution is -0.206. The molecule has 0 radical (unpaired) electrons. The first-order valence-corrected chi connectivity index (χ1v) is 4.85. The number of esters is 1. The number of ether oxygens (including phenoxy) is 2. The largest absolute Gasteiger partial charge is 0.467 e. The molecule has 3 rings (SSSR count). The van der Waals surface area contributed by atoms with E-state index in [2.05, 4.69) is 0 Å². The third kappa shape index (κ3) is 1.17. The Morgan fingerprint density at radius 3 is 2.36 bits per heavy atom. The van der Waals surface area contributed by atoms with Gasteiger partial charge in [0.1, 0.15) is 6.29 Å². The normalized spacial score (nSPS) is 40.6. The number of rotatable bonds is 2. The maximum absolute atomic E-state index is 11.5. The highest BCUT2D eigenvalue weighted by Crippen LogP contribution is 2.48. The highest BCUT2D eigenvalue weighted by atomic mass is 16.6. The van der Waals surface area contributed by atoms with Gasteiger partial charge in [0, 0.05) is 5.41 Å². The molecule has 0 atom stereocenters. The van der Waals surface area contributed by atoms with Crippen LogP contribution in [0, 0.1) is 5.41 Å². The molecule has 4 nitrogen and oxygen atoms in total. The fourth-order valence-electron chi connectivity index (χ4n) is 2.32. The van der Waals surface area contributed by atoms with Crippen LogP contribution in [0.3, 0.4) is 0 Å². The van der Waals surface area contributed by atoms with Gasteiger partial charge in [-0.25, -0.2) is 4.79 Å². The van der Waals surface area contributed by atoms with Gasteiger partial charge in [-0.15, -0.1) is 0 Å². The Hall–Kier alpha value is -0.900. The molecule has 2 aliphatic heterocycles. The van der Waals surface area contributed by atoms with E-state index in [1.807, 2.05) is 0 Å². The van der Waals surface area contributed by atoms with Gasteiger partial charge in [0.25, 0.3) is 0 Å². The number of methoxy groups -OCH3 is 1. The van der Waals surface area contributed by atoms with Gasteiger partial charge in [-0.2, -0.15) is 0 Å². The van der Waals surface area contributed by atoms with Crippen LogP contribution in [0.4, 0.5) is 0 Å². The second-order valence-corrected chi connectivity index (χ2v) is 4.25. The lowest BCUT2D eigenvalue weighted by Crippen LogP contribution is -2.56. The quantitative estimate of drug-likeness (QED) is 0.484. The van der Waals surface area contributed by atoms with Gasteiger partial charge < -0.3 is 14.3 Å². The van der Waals surface area contributed by atoms with Crippen molar-refractivity contribution in [1.29, 1.82) is 0 Å². The second kappa shape index (κ2) is 3.05. The highest BCUT2D eigenvalue weighted by molar-refractivity contribution is 5.80. The summed E-state index contributed by atoms with van der Waals surface area (Å²) in [4.78, 5) is 22.4. The minimum absolute atomic E-state index is 0.295. The number of hydrogen-bond acceptors (Lipinski definition) is 4. The minimum Gasteiger partial charge on any atom is -0.467 e. The molecule has 14 heavy (non-hydrogen) atoms. The maximum Gasteiger partial charge on any atom is 0.338 e. The molecule has 3 fully saturated rings. The van der Waals surface area contributed by atoms with Crippen LogP contribution in [0.25, 0.3) is 0 Å². The maximum atomic E-state index is 11.5. The average Bonchev–Trinajstić information content (AvgIpc) is 2.30. The summed E-state index contributed by atoms with van der Waals surface area (Å²) in [5, 5.41) is 0. The van der Waals surface area contributed by atoms with Crippen LogP contribution in [0.15, 0.2) is 0 Å². The molecule has 0 aromatic heterocycles. The number of fused-ring (bicyclic) bond motifs is 3. The molecular formula is C10H14O4. The van der Waals surface area contributed by atoms with E-state index in [4.69, 9.17) is 9.47 Å². The molecule has 1 aliphatic carbocycles. The van der Waals surface area contributed by atoms with Gasteiger partial charge in [0.15, 0.2) is 5.60 Å². The molecule has 4 heteroatoms. The van der Waals surface area contributed by atoms with Crippen molar-refractivity contribution in [3.63, 3.8) is 0 Å². The van der Waals surface area contributed by atoms with Gasteiger partial charge >= 0.3 is 5.97 Å². The van der Waals surface area contributed by atoms with E-state index in [1.54, 1.807) is 0 Å². The fraction of sp³-hybridized carbons (Fsp3) is 0.800. The first-order valence-electron chi connectivity index (χ1n) is 4.85. The minimum atomic E-state index is -0.750. The van der Waals surface area contributed by atoms with E-state index in [9.17, 15) is 9.59 Å². The molecule has 2 heterocycles. The SMILES string of the molecule is COC(=O)C12CCC(C=O)(CC1)CO2. The zero-order valence-electron chi connectivity index (χ0n) is 8.25. The summed E-state index contributed by atoms with van der Waals surface area (Å²) in [5.74, 6) is -0.295. The average molecular weight is 198 g/mol. The van der Waals surface area contributed by atoms with Crippen molar-refractivity contribution in [2.75, 3.05) is 13.7 Å². The van der Waals surface area contributed by atoms with Crippen LogP contribution in [0.5, 0.6) is 0 Å². The lowest BCUT2D eigenvalue weighted by atomic mass is 9.67. The second-order valence-electron chi connectivity index (χ2n) is 4.25. The van der Waals surface area contributed by atoms with Crippen LogP contribution in [0.1, 0.15) is 25.7 Å². The summed E-state index contributed by atoms with van der Waals surface area (Å²) in [6.45, 7) is 0.367. The molecular weight excluding hydrogens is 184 g/mol. The van der Waals surface area contributed by atoms with Crippen molar-refractivity contribution in [1.82, 2.24) is 0 Å².